The van der Waals surface area contributed by atoms with Gasteiger partial charge in [0, 0.05) is 23.2 Å². The average Bonchev–Trinajstić information content (AvgIpc) is 3.29. The Balaban J connectivity index is 1.41. The van der Waals surface area contributed by atoms with Gasteiger partial charge >= 0.3 is 7.12 Å². The average molecular weight is 359 g/mol. The number of hydrogen-bond donors (Lipinski definition) is 3. The molecule has 0 bridgehead atoms. The third-order valence-corrected chi connectivity index (χ3v) is 7.29. The van der Waals surface area contributed by atoms with E-state index in [1.807, 2.05) is 12.3 Å². The number of allylic oxidation sites excluding steroid dienone is 1. The maximum atomic E-state index is 12.1. The Labute approximate surface area is 145 Å². The van der Waals surface area contributed by atoms with Crippen LogP contribution in [0.5, 0.6) is 5.75 Å². The number of H-pyrrole nitrogens is 1. The number of aromatic nitrogens is 2. The summed E-state index contributed by atoms with van der Waals surface area (Å²) in [6, 6.07) is 1.92. The van der Waals surface area contributed by atoms with Gasteiger partial charge in [-0.2, -0.15) is 0 Å². The second-order valence-electron chi connectivity index (χ2n) is 7.10. The molecule has 0 amide bonds. The zero-order valence-electron chi connectivity index (χ0n) is 13.5. The van der Waals surface area contributed by atoms with Crippen LogP contribution in [-0.4, -0.2) is 41.8 Å². The van der Waals surface area contributed by atoms with E-state index in [0.717, 1.165) is 47.9 Å². The predicted octanol–water partition coefficient (Wildman–Crippen LogP) is 1.22. The second-order valence-corrected chi connectivity index (χ2v) is 9.09. The maximum absolute atomic E-state index is 12.1. The number of nitrogens with zero attached hydrogens (tertiary/aromatic N) is 1. The van der Waals surface area contributed by atoms with Crippen molar-refractivity contribution in [3.8, 4) is 5.75 Å². The van der Waals surface area contributed by atoms with E-state index in [2.05, 4.69) is 14.7 Å². The Morgan fingerprint density at radius 3 is 2.92 bits per heavy atom. The molecule has 1 aliphatic heterocycles. The highest BCUT2D eigenvalue weighted by atomic mass is 32.2. The minimum Gasteiger partial charge on any atom is -0.531 e. The maximum Gasteiger partial charge on any atom is 0.552 e. The number of aromatic amines is 1. The van der Waals surface area contributed by atoms with Gasteiger partial charge in [0.1, 0.15) is 11.4 Å². The molecule has 5 rings (SSSR count). The molecule has 25 heavy (non-hydrogen) atoms. The van der Waals surface area contributed by atoms with Gasteiger partial charge < -0.3 is 14.7 Å². The summed E-state index contributed by atoms with van der Waals surface area (Å²) in [4.78, 5) is 7.39. The molecule has 0 aromatic carbocycles. The van der Waals surface area contributed by atoms with E-state index < -0.39 is 17.1 Å². The van der Waals surface area contributed by atoms with Crippen molar-refractivity contribution in [1.29, 1.82) is 0 Å². The molecule has 0 unspecified atom stereocenters. The molecule has 2 aromatic rings. The summed E-state index contributed by atoms with van der Waals surface area (Å²) in [5.74, 6) is 2.49. The van der Waals surface area contributed by atoms with Gasteiger partial charge in [0.15, 0.2) is 0 Å². The Hall–Kier alpha value is -1.84. The molecular formula is C16H18BN3O4S. The molecular weight excluding hydrogens is 341 g/mol. The first-order valence-corrected chi connectivity index (χ1v) is 10.1. The predicted molar refractivity (Wildman–Crippen MR) is 94.3 cm³/mol. The van der Waals surface area contributed by atoms with Crippen LogP contribution in [0.3, 0.4) is 0 Å². The Morgan fingerprint density at radius 2 is 2.16 bits per heavy atom. The molecule has 0 spiro atoms. The fourth-order valence-electron chi connectivity index (χ4n) is 3.79. The lowest BCUT2D eigenvalue weighted by Crippen LogP contribution is -2.46. The fraction of sp³-hybridized carbons (Fsp3) is 0.438. The van der Waals surface area contributed by atoms with Crippen molar-refractivity contribution >= 4 is 33.7 Å². The normalized spacial score (nSPS) is 26.0. The van der Waals surface area contributed by atoms with Gasteiger partial charge in [-0.15, -0.1) is 0 Å². The zero-order valence-corrected chi connectivity index (χ0v) is 14.3. The molecule has 130 valence electrons. The van der Waals surface area contributed by atoms with Crippen molar-refractivity contribution in [3.63, 3.8) is 0 Å². The van der Waals surface area contributed by atoms with Crippen molar-refractivity contribution in [2.24, 2.45) is 5.92 Å². The first-order valence-electron chi connectivity index (χ1n) is 8.55. The lowest BCUT2D eigenvalue weighted by molar-refractivity contribution is 0.308. The first-order chi connectivity index (χ1) is 12.0. The van der Waals surface area contributed by atoms with Crippen molar-refractivity contribution in [3.05, 3.63) is 30.0 Å². The molecule has 9 heteroatoms. The lowest BCUT2D eigenvalue weighted by Gasteiger charge is -2.39. The number of nitrogens with one attached hydrogen (secondary N) is 2. The molecule has 3 N–H and O–H groups in total. The highest BCUT2D eigenvalue weighted by Crippen LogP contribution is 2.46. The largest absolute Gasteiger partial charge is 0.552 e. The van der Waals surface area contributed by atoms with Gasteiger partial charge in [-0.25, -0.2) is 18.1 Å². The number of hydrogen-bond acceptors (Lipinski definition) is 5. The van der Waals surface area contributed by atoms with Crippen LogP contribution < -0.4 is 9.38 Å². The molecule has 0 atom stereocenters. The molecule has 2 aromatic heterocycles. The van der Waals surface area contributed by atoms with E-state index in [9.17, 15) is 13.4 Å². The lowest BCUT2D eigenvalue weighted by atomic mass is 9.68. The van der Waals surface area contributed by atoms with Gasteiger partial charge in [0.2, 0.25) is 10.0 Å². The highest BCUT2D eigenvalue weighted by molar-refractivity contribution is 7.90. The van der Waals surface area contributed by atoms with Crippen molar-refractivity contribution in [1.82, 2.24) is 14.7 Å². The Morgan fingerprint density at radius 1 is 1.36 bits per heavy atom. The quantitative estimate of drug-likeness (QED) is 0.712. The third kappa shape index (κ3) is 2.57. The van der Waals surface area contributed by atoms with Gasteiger partial charge in [0.25, 0.3) is 0 Å². The number of fused-ring (bicyclic) bond motifs is 3. The van der Waals surface area contributed by atoms with E-state index in [4.69, 9.17) is 4.65 Å². The number of pyridine rings is 1. The van der Waals surface area contributed by atoms with Crippen LogP contribution in [0.2, 0.25) is 0 Å². The van der Waals surface area contributed by atoms with Crippen LogP contribution in [0.25, 0.3) is 16.6 Å². The number of sulfonamides is 1. The monoisotopic (exact) mass is 359 g/mol. The van der Waals surface area contributed by atoms with E-state index in [1.54, 1.807) is 12.2 Å². The van der Waals surface area contributed by atoms with Crippen molar-refractivity contribution in [2.75, 3.05) is 0 Å². The molecule has 0 saturated heterocycles. The van der Waals surface area contributed by atoms with Crippen LogP contribution >= 0.6 is 0 Å². The zero-order chi connectivity index (χ0) is 17.2. The molecule has 2 aliphatic carbocycles. The number of rotatable bonds is 4. The Kier molecular flexibility index (Phi) is 3.29. The Bertz CT molecular complexity index is 976. The van der Waals surface area contributed by atoms with Crippen LogP contribution in [0.15, 0.2) is 24.4 Å². The molecule has 3 heterocycles. The van der Waals surface area contributed by atoms with Gasteiger partial charge in [-0.3, -0.25) is 0 Å². The second kappa shape index (κ2) is 5.33. The van der Waals surface area contributed by atoms with Gasteiger partial charge in [0.05, 0.1) is 11.4 Å². The summed E-state index contributed by atoms with van der Waals surface area (Å²) in [6.07, 6.45) is 6.46. The smallest absolute Gasteiger partial charge is 0.531 e. The van der Waals surface area contributed by atoms with Gasteiger partial charge in [-0.05, 0) is 49.2 Å². The first kappa shape index (κ1) is 15.4. The summed E-state index contributed by atoms with van der Waals surface area (Å²) in [6.45, 7) is 0. The molecule has 7 nitrogen and oxygen atoms in total. The summed E-state index contributed by atoms with van der Waals surface area (Å²) in [5.41, 5.74) is 2.74. The third-order valence-electron chi connectivity index (χ3n) is 5.28. The molecule has 2 saturated carbocycles. The summed E-state index contributed by atoms with van der Waals surface area (Å²) >= 11 is 0. The minimum atomic E-state index is -3.16. The summed E-state index contributed by atoms with van der Waals surface area (Å²) in [7, 11) is -4.15. The molecule has 0 radical (unpaired) electrons. The molecule has 3 aliphatic rings. The van der Waals surface area contributed by atoms with E-state index in [1.165, 1.54) is 0 Å². The van der Waals surface area contributed by atoms with Crippen molar-refractivity contribution < 1.29 is 18.1 Å². The summed E-state index contributed by atoms with van der Waals surface area (Å²) < 4.78 is 32.5. The van der Waals surface area contributed by atoms with Crippen LogP contribution in [0, 0.1) is 5.92 Å². The van der Waals surface area contributed by atoms with Crippen LogP contribution in [-0.2, 0) is 10.0 Å². The van der Waals surface area contributed by atoms with Crippen LogP contribution in [0.1, 0.15) is 31.2 Å². The highest BCUT2D eigenvalue weighted by Gasteiger charge is 2.42. The standard InChI is InChI=1S/C16H18BN3O4S/c21-17-7-13(9-5-10(6-9)20-25(22,23)11-1-2-11)15-12-3-4-18-16(12)19-8-14(15)24-17/h3-4,7-11,20-21H,1-2,5-6H2,(H,18,19). The summed E-state index contributed by atoms with van der Waals surface area (Å²) in [5, 5.41) is 10.8. The fourth-order valence-corrected chi connectivity index (χ4v) is 5.40. The minimum absolute atomic E-state index is 0.0245. The molecule has 2 fully saturated rings. The van der Waals surface area contributed by atoms with Crippen LogP contribution in [0.4, 0.5) is 0 Å². The van der Waals surface area contributed by atoms with Crippen molar-refractivity contribution in [2.45, 2.75) is 37.0 Å². The van der Waals surface area contributed by atoms with E-state index in [0.29, 0.717) is 5.75 Å². The van der Waals surface area contributed by atoms with Gasteiger partial charge in [-0.1, -0.05) is 0 Å². The SMILES string of the molecule is O=S(=O)(NC1CC(C2=CB(O)Oc3cnc4[nH]ccc4c32)C1)C1CC1. The van der Waals surface area contributed by atoms with E-state index in [-0.39, 0.29) is 17.2 Å². The topological polar surface area (TPSA) is 104 Å². The van der Waals surface area contributed by atoms with E-state index >= 15 is 0 Å².